The van der Waals surface area contributed by atoms with Gasteiger partial charge in [-0.1, -0.05) is 30.0 Å². The molecule has 0 radical (unpaired) electrons. The summed E-state index contributed by atoms with van der Waals surface area (Å²) in [4.78, 5) is 11.7. The molecule has 2 aromatic carbocycles. The van der Waals surface area contributed by atoms with E-state index < -0.39 is 11.7 Å². The highest BCUT2D eigenvalue weighted by Gasteiger charge is 2.14. The number of hydrogen-bond donors (Lipinski definition) is 1. The summed E-state index contributed by atoms with van der Waals surface area (Å²) in [6, 6.07) is 15.6. The average Bonchev–Trinajstić information content (AvgIpc) is 3.25. The standard InChI is InChI=1S/C21H18N2O6S/c1-26-15-6-4-5-13(9-15)20-22-23-21(29-20)30-12-14(24)11-27-18-10-19(25)28-17-8-3-2-7-16(17)18/h2-10,14,24H,11-12H2,1H3. The molecule has 0 aliphatic carbocycles. The van der Waals surface area contributed by atoms with Crippen molar-refractivity contribution in [3.8, 4) is 23.0 Å². The SMILES string of the molecule is COc1cccc(-c2nnc(SCC(O)COc3cc(=O)oc4ccccc34)o2)c1. The number of hydrogen-bond acceptors (Lipinski definition) is 9. The van der Waals surface area contributed by atoms with Crippen molar-refractivity contribution in [2.75, 3.05) is 19.5 Å². The Morgan fingerprint density at radius 2 is 1.97 bits per heavy atom. The number of rotatable bonds is 8. The molecule has 2 aromatic heterocycles. The zero-order valence-corrected chi connectivity index (χ0v) is 16.8. The van der Waals surface area contributed by atoms with Crippen LogP contribution in [0.25, 0.3) is 22.4 Å². The zero-order valence-electron chi connectivity index (χ0n) is 16.0. The van der Waals surface area contributed by atoms with Gasteiger partial charge in [0.1, 0.15) is 23.7 Å². The Morgan fingerprint density at radius 3 is 2.83 bits per heavy atom. The van der Waals surface area contributed by atoms with Crippen LogP contribution in [0.3, 0.4) is 0 Å². The van der Waals surface area contributed by atoms with E-state index in [1.807, 2.05) is 24.3 Å². The first kappa shape index (κ1) is 20.0. The van der Waals surface area contributed by atoms with Crippen LogP contribution in [0.1, 0.15) is 0 Å². The molecular weight excluding hydrogens is 408 g/mol. The lowest BCUT2D eigenvalue weighted by molar-refractivity contribution is 0.127. The topological polar surface area (TPSA) is 108 Å². The summed E-state index contributed by atoms with van der Waals surface area (Å²) < 4.78 is 21.6. The van der Waals surface area contributed by atoms with E-state index in [1.165, 1.54) is 17.8 Å². The Balaban J connectivity index is 1.35. The quantitative estimate of drug-likeness (QED) is 0.335. The van der Waals surface area contributed by atoms with Crippen molar-refractivity contribution in [2.45, 2.75) is 11.3 Å². The van der Waals surface area contributed by atoms with Crippen LogP contribution in [-0.4, -0.2) is 40.9 Å². The second-order valence-electron chi connectivity index (χ2n) is 6.31. The van der Waals surface area contributed by atoms with E-state index in [2.05, 4.69) is 10.2 Å². The fourth-order valence-corrected chi connectivity index (χ4v) is 3.41. The number of nitrogens with zero attached hydrogens (tertiary/aromatic N) is 2. The Morgan fingerprint density at radius 1 is 1.10 bits per heavy atom. The van der Waals surface area contributed by atoms with Crippen molar-refractivity contribution in [3.05, 3.63) is 65.0 Å². The van der Waals surface area contributed by atoms with Gasteiger partial charge in [0.25, 0.3) is 5.22 Å². The summed E-state index contributed by atoms with van der Waals surface area (Å²) in [7, 11) is 1.59. The minimum atomic E-state index is -0.812. The number of thioether (sulfide) groups is 1. The molecular formula is C21H18N2O6S. The number of benzene rings is 2. The minimum absolute atomic E-state index is 0.00265. The third-order valence-corrected chi connectivity index (χ3v) is 5.13. The summed E-state index contributed by atoms with van der Waals surface area (Å²) in [5, 5.41) is 19.3. The highest BCUT2D eigenvalue weighted by atomic mass is 32.2. The van der Waals surface area contributed by atoms with Crippen molar-refractivity contribution in [1.82, 2.24) is 10.2 Å². The van der Waals surface area contributed by atoms with Gasteiger partial charge in [-0.2, -0.15) is 0 Å². The summed E-state index contributed by atoms with van der Waals surface area (Å²) in [5.41, 5.74) is 0.663. The fraction of sp³-hybridized carbons (Fsp3) is 0.190. The summed E-state index contributed by atoms with van der Waals surface area (Å²) in [6.07, 6.45) is -0.812. The lowest BCUT2D eigenvalue weighted by atomic mass is 10.2. The molecule has 1 unspecified atom stereocenters. The van der Waals surface area contributed by atoms with E-state index in [4.69, 9.17) is 18.3 Å². The maximum atomic E-state index is 11.7. The van der Waals surface area contributed by atoms with Gasteiger partial charge in [-0.15, -0.1) is 10.2 Å². The van der Waals surface area contributed by atoms with E-state index in [9.17, 15) is 9.90 Å². The molecule has 1 N–H and O–H groups in total. The van der Waals surface area contributed by atoms with E-state index in [0.717, 1.165) is 5.56 Å². The Bertz CT molecular complexity index is 1210. The highest BCUT2D eigenvalue weighted by molar-refractivity contribution is 7.99. The molecule has 0 aliphatic rings. The van der Waals surface area contributed by atoms with Crippen LogP contribution < -0.4 is 15.1 Å². The van der Waals surface area contributed by atoms with Crippen molar-refractivity contribution in [3.63, 3.8) is 0 Å². The molecule has 1 atom stereocenters. The average molecular weight is 426 g/mol. The van der Waals surface area contributed by atoms with Gasteiger partial charge < -0.3 is 23.4 Å². The molecule has 8 nitrogen and oxygen atoms in total. The van der Waals surface area contributed by atoms with E-state index in [-0.39, 0.29) is 12.4 Å². The summed E-state index contributed by atoms with van der Waals surface area (Å²) in [5.74, 6) is 1.70. The normalized spacial score (nSPS) is 12.1. The lowest BCUT2D eigenvalue weighted by Gasteiger charge is -2.12. The van der Waals surface area contributed by atoms with Crippen molar-refractivity contribution in [2.24, 2.45) is 0 Å². The van der Waals surface area contributed by atoms with Crippen LogP contribution in [0, 0.1) is 0 Å². The Kier molecular flexibility index (Phi) is 6.01. The molecule has 0 amide bonds. The molecule has 9 heteroatoms. The third kappa shape index (κ3) is 4.64. The third-order valence-electron chi connectivity index (χ3n) is 4.17. The molecule has 0 saturated heterocycles. The Hall–Kier alpha value is -3.30. The van der Waals surface area contributed by atoms with Crippen LogP contribution in [0.2, 0.25) is 0 Å². The predicted octanol–water partition coefficient (Wildman–Crippen LogP) is 3.38. The van der Waals surface area contributed by atoms with Crippen molar-refractivity contribution < 1.29 is 23.4 Å². The van der Waals surface area contributed by atoms with Crippen LogP contribution in [0.5, 0.6) is 11.5 Å². The van der Waals surface area contributed by atoms with E-state index in [0.29, 0.717) is 33.6 Å². The molecule has 2 heterocycles. The first-order valence-electron chi connectivity index (χ1n) is 9.07. The molecule has 0 bridgehead atoms. The van der Waals surface area contributed by atoms with Gasteiger partial charge in [0.15, 0.2) is 0 Å². The summed E-state index contributed by atoms with van der Waals surface area (Å²) in [6.45, 7) is -0.00265. The number of fused-ring (bicyclic) bond motifs is 1. The van der Waals surface area contributed by atoms with Crippen molar-refractivity contribution in [1.29, 1.82) is 0 Å². The van der Waals surface area contributed by atoms with Gasteiger partial charge in [0.2, 0.25) is 5.89 Å². The summed E-state index contributed by atoms with van der Waals surface area (Å²) >= 11 is 1.21. The maximum Gasteiger partial charge on any atom is 0.339 e. The monoisotopic (exact) mass is 426 g/mol. The van der Waals surface area contributed by atoms with E-state index in [1.54, 1.807) is 31.4 Å². The lowest BCUT2D eigenvalue weighted by Crippen LogP contribution is -2.20. The molecule has 154 valence electrons. The van der Waals surface area contributed by atoms with Gasteiger partial charge >= 0.3 is 5.63 Å². The number of aromatic nitrogens is 2. The van der Waals surface area contributed by atoms with Gasteiger partial charge in [-0.05, 0) is 30.3 Å². The van der Waals surface area contributed by atoms with Crippen LogP contribution in [-0.2, 0) is 0 Å². The van der Waals surface area contributed by atoms with Crippen LogP contribution >= 0.6 is 11.8 Å². The zero-order chi connectivity index (χ0) is 20.9. The largest absolute Gasteiger partial charge is 0.497 e. The molecule has 0 fully saturated rings. The number of para-hydroxylation sites is 1. The van der Waals surface area contributed by atoms with Gasteiger partial charge in [0, 0.05) is 11.3 Å². The minimum Gasteiger partial charge on any atom is -0.497 e. The highest BCUT2D eigenvalue weighted by Crippen LogP contribution is 2.27. The molecule has 4 rings (SSSR count). The smallest absolute Gasteiger partial charge is 0.339 e. The van der Waals surface area contributed by atoms with Crippen LogP contribution in [0.15, 0.2) is 73.4 Å². The second-order valence-corrected chi connectivity index (χ2v) is 7.28. The molecule has 0 saturated carbocycles. The number of ether oxygens (including phenoxy) is 2. The maximum absolute atomic E-state index is 11.7. The first-order valence-corrected chi connectivity index (χ1v) is 10.1. The number of aliphatic hydroxyl groups is 1. The Labute approximate surface area is 175 Å². The van der Waals surface area contributed by atoms with Crippen molar-refractivity contribution >= 4 is 22.7 Å². The molecule has 4 aromatic rings. The van der Waals surface area contributed by atoms with E-state index >= 15 is 0 Å². The van der Waals surface area contributed by atoms with Gasteiger partial charge in [-0.25, -0.2) is 4.79 Å². The van der Waals surface area contributed by atoms with Crippen LogP contribution in [0.4, 0.5) is 0 Å². The second kappa shape index (κ2) is 9.02. The predicted molar refractivity (Wildman–Crippen MR) is 111 cm³/mol. The molecule has 0 aliphatic heterocycles. The molecule has 30 heavy (non-hydrogen) atoms. The fourth-order valence-electron chi connectivity index (χ4n) is 2.74. The number of methoxy groups -OCH3 is 1. The van der Waals surface area contributed by atoms with Gasteiger partial charge in [0.05, 0.1) is 24.7 Å². The molecule has 0 spiro atoms. The number of aliphatic hydroxyl groups excluding tert-OH is 1. The first-order chi connectivity index (χ1) is 14.6. The van der Waals surface area contributed by atoms with Gasteiger partial charge in [-0.3, -0.25) is 0 Å².